The van der Waals surface area contributed by atoms with Crippen molar-refractivity contribution in [2.45, 2.75) is 11.3 Å². The molecule has 0 unspecified atom stereocenters. The molecule has 134 valence electrons. The minimum Gasteiger partial charge on any atom is -0.304 e. The number of nitrogens with one attached hydrogen (secondary N) is 1. The van der Waals surface area contributed by atoms with Crippen LogP contribution in [0.25, 0.3) is 0 Å². The van der Waals surface area contributed by atoms with E-state index in [0.29, 0.717) is 5.69 Å². The van der Waals surface area contributed by atoms with Crippen LogP contribution in [0.15, 0.2) is 53.7 Å². The Labute approximate surface area is 149 Å². The standard InChI is InChI=1S/C18H24N4O2S/c1-21-11-13-22(14-12-21)10-8-16-5-2-3-7-18(16)20-25(23,24)17-6-4-9-19-15-17/h2-7,9,15,20H,8,10-14H2,1H3. The third-order valence-corrected chi connectivity index (χ3v) is 5.85. The van der Waals surface area contributed by atoms with Crippen molar-refractivity contribution >= 4 is 15.7 Å². The molecule has 0 atom stereocenters. The third kappa shape index (κ3) is 4.78. The molecular weight excluding hydrogens is 336 g/mol. The maximum atomic E-state index is 12.5. The summed E-state index contributed by atoms with van der Waals surface area (Å²) in [4.78, 5) is 8.81. The van der Waals surface area contributed by atoms with E-state index in [4.69, 9.17) is 0 Å². The van der Waals surface area contributed by atoms with E-state index in [2.05, 4.69) is 26.6 Å². The number of benzene rings is 1. The molecule has 1 aromatic carbocycles. The molecule has 2 heterocycles. The fourth-order valence-electron chi connectivity index (χ4n) is 2.90. The lowest BCUT2D eigenvalue weighted by atomic mass is 10.1. The minimum absolute atomic E-state index is 0.170. The second-order valence-corrected chi connectivity index (χ2v) is 8.03. The molecule has 1 N–H and O–H groups in total. The largest absolute Gasteiger partial charge is 0.304 e. The van der Waals surface area contributed by atoms with Gasteiger partial charge in [-0.25, -0.2) is 8.42 Å². The number of piperazine rings is 1. The summed E-state index contributed by atoms with van der Waals surface area (Å²) in [6.07, 6.45) is 3.73. The molecule has 1 aliphatic rings. The summed E-state index contributed by atoms with van der Waals surface area (Å²) in [5.41, 5.74) is 1.65. The Bertz CT molecular complexity index is 788. The molecular formula is C18H24N4O2S. The Morgan fingerprint density at radius 2 is 1.84 bits per heavy atom. The highest BCUT2D eigenvalue weighted by molar-refractivity contribution is 7.92. The average Bonchev–Trinajstić information content (AvgIpc) is 2.63. The number of likely N-dealkylation sites (N-methyl/N-ethyl adjacent to an activating group) is 1. The van der Waals surface area contributed by atoms with E-state index < -0.39 is 10.0 Å². The van der Waals surface area contributed by atoms with Crippen molar-refractivity contribution in [2.24, 2.45) is 0 Å². The summed E-state index contributed by atoms with van der Waals surface area (Å²) < 4.78 is 27.8. The molecule has 1 fully saturated rings. The predicted molar refractivity (Wildman–Crippen MR) is 99.1 cm³/mol. The number of para-hydroxylation sites is 1. The van der Waals surface area contributed by atoms with Crippen LogP contribution in [-0.4, -0.2) is 63.0 Å². The molecule has 7 heteroatoms. The van der Waals surface area contributed by atoms with Gasteiger partial charge in [0.15, 0.2) is 0 Å². The van der Waals surface area contributed by atoms with E-state index in [1.165, 1.54) is 6.20 Å². The number of hydrogen-bond acceptors (Lipinski definition) is 5. The molecule has 0 bridgehead atoms. The third-order valence-electron chi connectivity index (χ3n) is 4.50. The second-order valence-electron chi connectivity index (χ2n) is 6.35. The molecule has 6 nitrogen and oxygen atoms in total. The van der Waals surface area contributed by atoms with Gasteiger partial charge in [-0.2, -0.15) is 0 Å². The van der Waals surface area contributed by atoms with Gasteiger partial charge in [0, 0.05) is 45.1 Å². The zero-order valence-corrected chi connectivity index (χ0v) is 15.2. The number of rotatable bonds is 6. The van der Waals surface area contributed by atoms with Crippen molar-refractivity contribution in [3.8, 4) is 0 Å². The van der Waals surface area contributed by atoms with E-state index in [1.54, 1.807) is 18.3 Å². The van der Waals surface area contributed by atoms with Gasteiger partial charge >= 0.3 is 0 Å². The zero-order valence-electron chi connectivity index (χ0n) is 14.4. The van der Waals surface area contributed by atoms with E-state index in [-0.39, 0.29) is 4.90 Å². The smallest absolute Gasteiger partial charge is 0.263 e. The normalized spacial score (nSPS) is 16.7. The number of anilines is 1. The topological polar surface area (TPSA) is 65.5 Å². The van der Waals surface area contributed by atoms with E-state index in [0.717, 1.165) is 44.7 Å². The van der Waals surface area contributed by atoms with Gasteiger partial charge in [-0.05, 0) is 37.2 Å². The first-order chi connectivity index (χ1) is 12.0. The van der Waals surface area contributed by atoms with Gasteiger partial charge in [0.05, 0.1) is 5.69 Å². The summed E-state index contributed by atoms with van der Waals surface area (Å²) in [6.45, 7) is 5.20. The van der Waals surface area contributed by atoms with Crippen LogP contribution in [0.4, 0.5) is 5.69 Å². The highest BCUT2D eigenvalue weighted by Crippen LogP contribution is 2.20. The van der Waals surface area contributed by atoms with Crippen LogP contribution < -0.4 is 4.72 Å². The van der Waals surface area contributed by atoms with Crippen molar-refractivity contribution in [1.29, 1.82) is 0 Å². The maximum Gasteiger partial charge on any atom is 0.263 e. The molecule has 0 spiro atoms. The summed E-state index contributed by atoms with van der Waals surface area (Å²) in [5, 5.41) is 0. The lowest BCUT2D eigenvalue weighted by molar-refractivity contribution is 0.155. The van der Waals surface area contributed by atoms with Gasteiger partial charge in [-0.1, -0.05) is 18.2 Å². The molecule has 1 aliphatic heterocycles. The molecule has 2 aromatic rings. The summed E-state index contributed by atoms with van der Waals surface area (Å²) >= 11 is 0. The van der Waals surface area contributed by atoms with Crippen LogP contribution in [0.1, 0.15) is 5.56 Å². The number of sulfonamides is 1. The summed E-state index contributed by atoms with van der Waals surface area (Å²) in [5.74, 6) is 0. The summed E-state index contributed by atoms with van der Waals surface area (Å²) in [6, 6.07) is 10.8. The van der Waals surface area contributed by atoms with Crippen molar-refractivity contribution in [2.75, 3.05) is 44.5 Å². The van der Waals surface area contributed by atoms with Crippen LogP contribution in [0.5, 0.6) is 0 Å². The van der Waals surface area contributed by atoms with E-state index in [1.807, 2.05) is 24.3 Å². The van der Waals surface area contributed by atoms with Gasteiger partial charge < -0.3 is 9.80 Å². The Kier molecular flexibility index (Phi) is 5.67. The highest BCUT2D eigenvalue weighted by Gasteiger charge is 2.17. The van der Waals surface area contributed by atoms with Crippen LogP contribution in [-0.2, 0) is 16.4 Å². The number of nitrogens with zero attached hydrogens (tertiary/aromatic N) is 3. The van der Waals surface area contributed by atoms with Crippen LogP contribution >= 0.6 is 0 Å². The fraction of sp³-hybridized carbons (Fsp3) is 0.389. The molecule has 1 saturated heterocycles. The lowest BCUT2D eigenvalue weighted by Gasteiger charge is -2.32. The molecule has 25 heavy (non-hydrogen) atoms. The van der Waals surface area contributed by atoms with Gasteiger partial charge in [0.25, 0.3) is 10.0 Å². The Morgan fingerprint density at radius 1 is 1.08 bits per heavy atom. The Balaban J connectivity index is 1.69. The SMILES string of the molecule is CN1CCN(CCc2ccccc2NS(=O)(=O)c2cccnc2)CC1. The quantitative estimate of drug-likeness (QED) is 0.849. The van der Waals surface area contributed by atoms with Crippen LogP contribution in [0.2, 0.25) is 0 Å². The molecule has 1 aromatic heterocycles. The van der Waals surface area contributed by atoms with E-state index >= 15 is 0 Å². The van der Waals surface area contributed by atoms with Gasteiger partial charge in [-0.15, -0.1) is 0 Å². The van der Waals surface area contributed by atoms with Crippen LogP contribution in [0.3, 0.4) is 0 Å². The van der Waals surface area contributed by atoms with Crippen LogP contribution in [0, 0.1) is 0 Å². The second kappa shape index (κ2) is 7.95. The van der Waals surface area contributed by atoms with E-state index in [9.17, 15) is 8.42 Å². The number of pyridine rings is 1. The van der Waals surface area contributed by atoms with Gasteiger partial charge in [0.1, 0.15) is 4.90 Å². The molecule has 0 saturated carbocycles. The highest BCUT2D eigenvalue weighted by atomic mass is 32.2. The van der Waals surface area contributed by atoms with Crippen molar-refractivity contribution in [1.82, 2.24) is 14.8 Å². The monoisotopic (exact) mass is 360 g/mol. The minimum atomic E-state index is -3.62. The Morgan fingerprint density at radius 3 is 2.56 bits per heavy atom. The van der Waals surface area contributed by atoms with Crippen molar-refractivity contribution in [3.63, 3.8) is 0 Å². The average molecular weight is 360 g/mol. The van der Waals surface area contributed by atoms with Crippen molar-refractivity contribution in [3.05, 3.63) is 54.4 Å². The predicted octanol–water partition coefficient (Wildman–Crippen LogP) is 1.67. The molecule has 0 amide bonds. The first-order valence-electron chi connectivity index (χ1n) is 8.46. The zero-order chi connectivity index (χ0) is 17.7. The van der Waals surface area contributed by atoms with Gasteiger partial charge in [-0.3, -0.25) is 9.71 Å². The summed E-state index contributed by atoms with van der Waals surface area (Å²) in [7, 11) is -1.48. The van der Waals surface area contributed by atoms with Crippen molar-refractivity contribution < 1.29 is 8.42 Å². The Hall–Kier alpha value is -1.96. The van der Waals surface area contributed by atoms with Gasteiger partial charge in [0.2, 0.25) is 0 Å². The number of hydrogen-bond donors (Lipinski definition) is 1. The lowest BCUT2D eigenvalue weighted by Crippen LogP contribution is -2.45. The maximum absolute atomic E-state index is 12.5. The number of aromatic nitrogens is 1. The molecule has 0 aliphatic carbocycles. The molecule has 0 radical (unpaired) electrons. The first-order valence-corrected chi connectivity index (χ1v) is 9.94. The fourth-order valence-corrected chi connectivity index (χ4v) is 3.96. The molecule has 3 rings (SSSR count). The first kappa shape index (κ1) is 17.8.